The van der Waals surface area contributed by atoms with Crippen LogP contribution in [-0.2, 0) is 14.4 Å². The van der Waals surface area contributed by atoms with Gasteiger partial charge in [0, 0.05) is 19.0 Å². The summed E-state index contributed by atoms with van der Waals surface area (Å²) in [5, 5.41) is 32.6. The molecule has 1 spiro atoms. The highest BCUT2D eigenvalue weighted by atomic mass is 35.5. The third kappa shape index (κ3) is 3.09. The molecule has 5 aliphatic rings. The molecule has 1 aromatic carbocycles. The van der Waals surface area contributed by atoms with Gasteiger partial charge in [-0.3, -0.25) is 14.4 Å². The number of amides is 2. The number of ether oxygens (including phenoxy) is 2. The van der Waals surface area contributed by atoms with Crippen molar-refractivity contribution in [1.82, 2.24) is 9.96 Å². The minimum absolute atomic E-state index is 0.117. The molecule has 3 N–H and O–H groups in total. The van der Waals surface area contributed by atoms with Gasteiger partial charge in [0.1, 0.15) is 17.7 Å². The first kappa shape index (κ1) is 24.1. The summed E-state index contributed by atoms with van der Waals surface area (Å²) in [6, 6.07) is 2.24. The van der Waals surface area contributed by atoms with Crippen molar-refractivity contribution in [2.24, 2.45) is 0 Å². The number of hydroxylamine groups is 2. The van der Waals surface area contributed by atoms with Gasteiger partial charge in [0.05, 0.1) is 31.0 Å². The molecular formula is C21H25ClN2O8S2. The molecule has 2 bridgehead atoms. The van der Waals surface area contributed by atoms with Gasteiger partial charge in [0.2, 0.25) is 10.6 Å². The van der Waals surface area contributed by atoms with Crippen LogP contribution < -0.4 is 9.47 Å². The summed E-state index contributed by atoms with van der Waals surface area (Å²) in [5.41, 5.74) is -1.32. The minimum atomic E-state index is -1.71. The van der Waals surface area contributed by atoms with Crippen LogP contribution >= 0.6 is 33.2 Å². The second-order valence-corrected chi connectivity index (χ2v) is 12.1. The summed E-state index contributed by atoms with van der Waals surface area (Å²) in [5.74, 6) is -0.689. The van der Waals surface area contributed by atoms with Crippen molar-refractivity contribution in [2.45, 2.75) is 58.6 Å². The minimum Gasteiger partial charge on any atom is -0.504 e. The predicted octanol–water partition coefficient (Wildman–Crippen LogP) is 1.41. The number of benzene rings is 1. The number of carbonyl (C=O) groups is 2. The van der Waals surface area contributed by atoms with Crippen molar-refractivity contribution < 1.29 is 39.2 Å². The first-order valence-electron chi connectivity index (χ1n) is 10.7. The molecule has 4 heterocycles. The number of hydrogen-bond acceptors (Lipinski definition) is 10. The maximum Gasteiger partial charge on any atom is 0.272 e. The molecule has 5 fully saturated rings. The maximum absolute atomic E-state index is 13.8. The lowest BCUT2D eigenvalue weighted by molar-refractivity contribution is -0.327. The molecule has 13 heteroatoms. The van der Waals surface area contributed by atoms with E-state index in [-0.39, 0.29) is 17.9 Å². The predicted molar refractivity (Wildman–Crippen MR) is 125 cm³/mol. The molecule has 7 unspecified atom stereocenters. The average Bonchev–Trinajstić information content (AvgIpc) is 3.00. The van der Waals surface area contributed by atoms with Crippen molar-refractivity contribution in [2.75, 3.05) is 21.3 Å². The van der Waals surface area contributed by atoms with Crippen LogP contribution in [0.25, 0.3) is 0 Å². The highest BCUT2D eigenvalue weighted by Crippen LogP contribution is 2.63. The summed E-state index contributed by atoms with van der Waals surface area (Å²) in [6.45, 7) is 0. The third-order valence-electron chi connectivity index (χ3n) is 7.13. The molecule has 1 saturated carbocycles. The standard InChI is InChI=1S/C21H25ClN2O8S2/c1-23-13-16(9-4-6-11(30-2)15(31-3)14(9)26)33-34-21(19(23)28)8-20(29)12(22)7-5-10(25)17(20)32-24(21)18(13)27/h4,6,10,12-13,16-17,25-26,29H,5,7-8H2,1-3H3. The normalized spacial score (nSPS) is 39.4. The highest BCUT2D eigenvalue weighted by Gasteiger charge is 2.71. The number of piperazine rings is 1. The Morgan fingerprint density at radius 3 is 2.65 bits per heavy atom. The zero-order valence-corrected chi connectivity index (χ0v) is 21.0. The molecule has 6 rings (SSSR count). The molecule has 10 nitrogen and oxygen atoms in total. The number of fused-ring (bicyclic) bond motifs is 4. The van der Waals surface area contributed by atoms with Crippen LogP contribution in [0.4, 0.5) is 0 Å². The van der Waals surface area contributed by atoms with Gasteiger partial charge in [-0.15, -0.1) is 11.6 Å². The van der Waals surface area contributed by atoms with Gasteiger partial charge in [-0.25, -0.2) is 0 Å². The monoisotopic (exact) mass is 532 g/mol. The Labute approximate surface area is 208 Å². The molecule has 2 amide bonds. The van der Waals surface area contributed by atoms with Crippen molar-refractivity contribution >= 4 is 45.0 Å². The fourth-order valence-corrected chi connectivity index (χ4v) is 9.33. The second-order valence-electron chi connectivity index (χ2n) is 8.92. The molecule has 0 aromatic heterocycles. The van der Waals surface area contributed by atoms with Gasteiger partial charge >= 0.3 is 0 Å². The molecular weight excluding hydrogens is 508 g/mol. The first-order chi connectivity index (χ1) is 16.1. The number of methoxy groups -OCH3 is 2. The number of hydrogen-bond donors (Lipinski definition) is 3. The molecule has 4 aliphatic heterocycles. The van der Waals surface area contributed by atoms with E-state index in [0.717, 1.165) is 15.9 Å². The number of aromatic hydroxyl groups is 1. The number of phenolic OH excluding ortho intramolecular Hbond substituents is 1. The van der Waals surface area contributed by atoms with Crippen molar-refractivity contribution in [1.29, 1.82) is 0 Å². The number of rotatable bonds is 3. The van der Waals surface area contributed by atoms with Crippen LogP contribution in [0.1, 0.15) is 30.1 Å². The van der Waals surface area contributed by atoms with Crippen LogP contribution in [0, 0.1) is 0 Å². The van der Waals surface area contributed by atoms with Gasteiger partial charge in [-0.2, -0.15) is 5.06 Å². The Hall–Kier alpha value is -1.57. The molecule has 186 valence electrons. The number of alkyl halides is 1. The maximum atomic E-state index is 13.8. The lowest BCUT2D eigenvalue weighted by Gasteiger charge is -2.58. The van der Waals surface area contributed by atoms with E-state index in [1.165, 1.54) is 37.0 Å². The SMILES string of the molecule is COc1ccc(C2SSC34CC5(O)C(Cl)CCC(O)C5ON3C(=O)C2N(C)C4=O)c(O)c1OC. The van der Waals surface area contributed by atoms with E-state index >= 15 is 0 Å². The van der Waals surface area contributed by atoms with E-state index in [9.17, 15) is 24.9 Å². The summed E-state index contributed by atoms with van der Waals surface area (Å²) in [6.07, 6.45) is -1.73. The third-order valence-corrected chi connectivity index (χ3v) is 11.0. The van der Waals surface area contributed by atoms with Crippen LogP contribution in [-0.4, -0.2) is 92.5 Å². The summed E-state index contributed by atoms with van der Waals surface area (Å²) in [4.78, 5) is 33.1. The van der Waals surface area contributed by atoms with Gasteiger partial charge < -0.3 is 29.7 Å². The van der Waals surface area contributed by atoms with Crippen molar-refractivity contribution in [3.05, 3.63) is 17.7 Å². The van der Waals surface area contributed by atoms with Crippen LogP contribution in [0.2, 0.25) is 0 Å². The van der Waals surface area contributed by atoms with E-state index in [0.29, 0.717) is 24.2 Å². The number of carbonyl (C=O) groups excluding carboxylic acids is 2. The Kier molecular flexibility index (Phi) is 5.85. The largest absolute Gasteiger partial charge is 0.504 e. The number of aliphatic hydroxyl groups is 2. The zero-order chi connectivity index (χ0) is 24.6. The van der Waals surface area contributed by atoms with Crippen LogP contribution in [0.15, 0.2) is 12.1 Å². The fourth-order valence-electron chi connectivity index (χ4n) is 5.33. The molecule has 7 atom stereocenters. The zero-order valence-electron chi connectivity index (χ0n) is 18.6. The van der Waals surface area contributed by atoms with Crippen molar-refractivity contribution in [3.63, 3.8) is 0 Å². The molecule has 1 aliphatic carbocycles. The summed E-state index contributed by atoms with van der Waals surface area (Å²) < 4.78 is 10.6. The van der Waals surface area contributed by atoms with E-state index in [2.05, 4.69) is 0 Å². The topological polar surface area (TPSA) is 129 Å². The van der Waals surface area contributed by atoms with Gasteiger partial charge in [0.25, 0.3) is 11.8 Å². The van der Waals surface area contributed by atoms with Crippen molar-refractivity contribution in [3.8, 4) is 17.2 Å². The Balaban J connectivity index is 1.61. The molecule has 1 aromatic rings. The van der Waals surface area contributed by atoms with E-state index in [1.54, 1.807) is 12.1 Å². The van der Waals surface area contributed by atoms with Gasteiger partial charge in [-0.1, -0.05) is 27.7 Å². The first-order valence-corrected chi connectivity index (χ1v) is 13.4. The van der Waals surface area contributed by atoms with E-state index < -0.39 is 51.2 Å². The molecule has 34 heavy (non-hydrogen) atoms. The lowest BCUT2D eigenvalue weighted by atomic mass is 9.74. The summed E-state index contributed by atoms with van der Waals surface area (Å²) in [7, 11) is 6.68. The van der Waals surface area contributed by atoms with Gasteiger partial charge in [0.15, 0.2) is 11.5 Å². The van der Waals surface area contributed by atoms with E-state index in [1.807, 2.05) is 0 Å². The quantitative estimate of drug-likeness (QED) is 0.388. The Bertz CT molecular complexity index is 1050. The fraction of sp³-hybridized carbons (Fsp3) is 0.619. The number of nitrogens with zero attached hydrogens (tertiary/aromatic N) is 2. The smallest absolute Gasteiger partial charge is 0.272 e. The summed E-state index contributed by atoms with van der Waals surface area (Å²) >= 11 is 6.48. The lowest BCUT2D eigenvalue weighted by Crippen LogP contribution is -2.78. The second kappa shape index (κ2) is 8.24. The molecule has 4 saturated heterocycles. The van der Waals surface area contributed by atoms with Crippen LogP contribution in [0.3, 0.4) is 0 Å². The Morgan fingerprint density at radius 2 is 1.97 bits per heavy atom. The highest BCUT2D eigenvalue weighted by molar-refractivity contribution is 8.77. The van der Waals surface area contributed by atoms with Gasteiger partial charge in [-0.05, 0) is 18.9 Å². The Morgan fingerprint density at radius 1 is 1.24 bits per heavy atom. The molecule has 0 radical (unpaired) electrons. The van der Waals surface area contributed by atoms with Crippen LogP contribution in [0.5, 0.6) is 17.2 Å². The number of phenols is 1. The number of likely N-dealkylation sites (N-methyl/N-ethyl adjacent to an activating group) is 1. The number of halogens is 1. The van der Waals surface area contributed by atoms with E-state index in [4.69, 9.17) is 25.9 Å². The average molecular weight is 533 g/mol. The number of aliphatic hydroxyl groups excluding tert-OH is 1.